The molecular formula is C19H14N2O4. The molecule has 0 spiro atoms. The topological polar surface area (TPSA) is 100 Å². The number of benzene rings is 2. The predicted octanol–water partition coefficient (Wildman–Crippen LogP) is 2.85. The SMILES string of the molecule is O=C(O)CC1(CC(=O)O)c2ccccc2-c2nc3ccccc3nc21. The van der Waals surface area contributed by atoms with Crippen molar-refractivity contribution in [1.82, 2.24) is 9.97 Å². The third-order valence-electron chi connectivity index (χ3n) is 4.63. The van der Waals surface area contributed by atoms with Crippen LogP contribution in [0.1, 0.15) is 24.1 Å². The first kappa shape index (κ1) is 15.3. The second kappa shape index (κ2) is 5.37. The largest absolute Gasteiger partial charge is 0.481 e. The van der Waals surface area contributed by atoms with Gasteiger partial charge >= 0.3 is 11.9 Å². The van der Waals surface area contributed by atoms with E-state index in [-0.39, 0.29) is 12.8 Å². The molecule has 6 nitrogen and oxygen atoms in total. The number of aromatic nitrogens is 2. The van der Waals surface area contributed by atoms with E-state index in [1.54, 1.807) is 18.2 Å². The maximum absolute atomic E-state index is 11.6. The molecule has 2 aromatic carbocycles. The van der Waals surface area contributed by atoms with E-state index in [4.69, 9.17) is 0 Å². The van der Waals surface area contributed by atoms with E-state index >= 15 is 0 Å². The highest BCUT2D eigenvalue weighted by Gasteiger charge is 2.48. The minimum atomic E-state index is -1.22. The van der Waals surface area contributed by atoms with Crippen LogP contribution in [0.15, 0.2) is 48.5 Å². The van der Waals surface area contributed by atoms with Gasteiger partial charge in [0, 0.05) is 5.56 Å². The summed E-state index contributed by atoms with van der Waals surface area (Å²) in [6, 6.07) is 14.5. The van der Waals surface area contributed by atoms with Gasteiger partial charge in [-0.1, -0.05) is 36.4 Å². The Morgan fingerprint density at radius 1 is 0.840 bits per heavy atom. The molecule has 0 saturated carbocycles. The van der Waals surface area contributed by atoms with Gasteiger partial charge in [0.15, 0.2) is 0 Å². The molecule has 4 rings (SSSR count). The van der Waals surface area contributed by atoms with Crippen LogP contribution in [0.3, 0.4) is 0 Å². The summed E-state index contributed by atoms with van der Waals surface area (Å²) in [5.74, 6) is -2.14. The van der Waals surface area contributed by atoms with Gasteiger partial charge in [0.25, 0.3) is 0 Å². The average Bonchev–Trinajstić information content (AvgIpc) is 2.82. The van der Waals surface area contributed by atoms with Crippen LogP contribution in [0.2, 0.25) is 0 Å². The summed E-state index contributed by atoms with van der Waals surface area (Å²) in [6.07, 6.45) is -0.702. The molecule has 0 radical (unpaired) electrons. The van der Waals surface area contributed by atoms with Crippen LogP contribution in [0.5, 0.6) is 0 Å². The third kappa shape index (κ3) is 2.26. The second-order valence-electron chi connectivity index (χ2n) is 6.18. The summed E-state index contributed by atoms with van der Waals surface area (Å²) in [6.45, 7) is 0. The molecule has 0 bridgehead atoms. The van der Waals surface area contributed by atoms with Gasteiger partial charge < -0.3 is 10.2 Å². The summed E-state index contributed by atoms with van der Waals surface area (Å²) in [5.41, 5.74) is 2.49. The minimum absolute atomic E-state index is 0.351. The van der Waals surface area contributed by atoms with Crippen molar-refractivity contribution in [2.45, 2.75) is 18.3 Å². The Balaban J connectivity index is 2.09. The van der Waals surface area contributed by atoms with Crippen molar-refractivity contribution in [1.29, 1.82) is 0 Å². The molecule has 0 aliphatic heterocycles. The zero-order valence-corrected chi connectivity index (χ0v) is 13.1. The maximum Gasteiger partial charge on any atom is 0.304 e. The molecule has 2 N–H and O–H groups in total. The standard InChI is InChI=1S/C19H14N2O4/c22-15(23)9-19(10-16(24)25)12-6-2-1-5-11(12)17-18(19)21-14-8-4-3-7-13(14)20-17/h1-8H,9-10H2,(H,22,23)(H,24,25). The van der Waals surface area contributed by atoms with Gasteiger partial charge in [0.1, 0.15) is 0 Å². The molecule has 1 heterocycles. The Labute approximate surface area is 142 Å². The van der Waals surface area contributed by atoms with Gasteiger partial charge in [-0.3, -0.25) is 9.59 Å². The van der Waals surface area contributed by atoms with Gasteiger partial charge in [-0.05, 0) is 17.7 Å². The van der Waals surface area contributed by atoms with Crippen molar-refractivity contribution in [3.63, 3.8) is 0 Å². The summed E-state index contributed by atoms with van der Waals surface area (Å²) in [5, 5.41) is 19.0. The van der Waals surface area contributed by atoms with Crippen LogP contribution < -0.4 is 0 Å². The van der Waals surface area contributed by atoms with Crippen LogP contribution in [0.4, 0.5) is 0 Å². The third-order valence-corrected chi connectivity index (χ3v) is 4.63. The molecule has 6 heteroatoms. The quantitative estimate of drug-likeness (QED) is 0.761. The van der Waals surface area contributed by atoms with E-state index in [2.05, 4.69) is 9.97 Å². The number of carbonyl (C=O) groups is 2. The lowest BCUT2D eigenvalue weighted by Crippen LogP contribution is -2.32. The van der Waals surface area contributed by atoms with Crippen LogP contribution in [0.25, 0.3) is 22.3 Å². The summed E-state index contributed by atoms with van der Waals surface area (Å²) in [7, 11) is 0. The lowest BCUT2D eigenvalue weighted by molar-refractivity contribution is -0.140. The number of nitrogens with zero attached hydrogens (tertiary/aromatic N) is 2. The zero-order chi connectivity index (χ0) is 17.6. The molecule has 25 heavy (non-hydrogen) atoms. The van der Waals surface area contributed by atoms with Crippen molar-refractivity contribution in [2.24, 2.45) is 0 Å². The summed E-state index contributed by atoms with van der Waals surface area (Å²) < 4.78 is 0. The molecule has 1 aliphatic rings. The van der Waals surface area contributed by atoms with Gasteiger partial charge in [0.05, 0.1) is 40.7 Å². The van der Waals surface area contributed by atoms with Gasteiger partial charge in [-0.25, -0.2) is 9.97 Å². The molecule has 0 amide bonds. The number of carboxylic acid groups (broad SMARTS) is 2. The van der Waals surface area contributed by atoms with Gasteiger partial charge in [-0.15, -0.1) is 0 Å². The highest BCUT2D eigenvalue weighted by Crippen LogP contribution is 2.51. The van der Waals surface area contributed by atoms with E-state index in [1.807, 2.05) is 30.3 Å². The van der Waals surface area contributed by atoms with Crippen molar-refractivity contribution < 1.29 is 19.8 Å². The first-order chi connectivity index (χ1) is 12.0. The Morgan fingerprint density at radius 3 is 2.04 bits per heavy atom. The maximum atomic E-state index is 11.6. The number of rotatable bonds is 4. The molecule has 0 saturated heterocycles. The fourth-order valence-electron chi connectivity index (χ4n) is 3.69. The first-order valence-electron chi connectivity index (χ1n) is 7.82. The average molecular weight is 334 g/mol. The number of carboxylic acids is 2. The number of hydrogen-bond donors (Lipinski definition) is 2. The smallest absolute Gasteiger partial charge is 0.304 e. The minimum Gasteiger partial charge on any atom is -0.481 e. The van der Waals surface area contributed by atoms with Crippen LogP contribution >= 0.6 is 0 Å². The fourth-order valence-corrected chi connectivity index (χ4v) is 3.69. The molecule has 0 atom stereocenters. The highest BCUT2D eigenvalue weighted by atomic mass is 16.4. The molecular weight excluding hydrogens is 320 g/mol. The van der Waals surface area contributed by atoms with E-state index in [0.717, 1.165) is 5.56 Å². The molecule has 0 unspecified atom stereocenters. The van der Waals surface area contributed by atoms with E-state index in [9.17, 15) is 19.8 Å². The highest BCUT2D eigenvalue weighted by molar-refractivity contribution is 5.88. The van der Waals surface area contributed by atoms with E-state index < -0.39 is 17.4 Å². The monoisotopic (exact) mass is 334 g/mol. The van der Waals surface area contributed by atoms with E-state index in [1.165, 1.54) is 0 Å². The fraction of sp³-hybridized carbons (Fsp3) is 0.158. The number of hydrogen-bond acceptors (Lipinski definition) is 4. The van der Waals surface area contributed by atoms with Crippen molar-refractivity contribution >= 4 is 23.0 Å². The molecule has 1 aliphatic carbocycles. The lowest BCUT2D eigenvalue weighted by atomic mass is 9.75. The predicted molar refractivity (Wildman–Crippen MR) is 90.3 cm³/mol. The van der Waals surface area contributed by atoms with Crippen molar-refractivity contribution in [3.8, 4) is 11.3 Å². The normalized spacial score (nSPS) is 14.1. The van der Waals surface area contributed by atoms with Crippen LogP contribution in [-0.2, 0) is 15.0 Å². The van der Waals surface area contributed by atoms with E-state index in [0.29, 0.717) is 28.0 Å². The molecule has 0 fully saturated rings. The zero-order valence-electron chi connectivity index (χ0n) is 13.1. The summed E-state index contributed by atoms with van der Waals surface area (Å²) in [4.78, 5) is 32.5. The Hall–Kier alpha value is -3.28. The van der Waals surface area contributed by atoms with Crippen LogP contribution in [-0.4, -0.2) is 32.1 Å². The van der Waals surface area contributed by atoms with Crippen molar-refractivity contribution in [2.75, 3.05) is 0 Å². The van der Waals surface area contributed by atoms with Gasteiger partial charge in [0.2, 0.25) is 0 Å². The second-order valence-corrected chi connectivity index (χ2v) is 6.18. The van der Waals surface area contributed by atoms with Crippen LogP contribution in [0, 0.1) is 0 Å². The Kier molecular flexibility index (Phi) is 3.28. The molecule has 124 valence electrons. The summed E-state index contributed by atoms with van der Waals surface area (Å²) >= 11 is 0. The lowest BCUT2D eigenvalue weighted by Gasteiger charge is -2.27. The molecule has 1 aromatic heterocycles. The molecule has 3 aromatic rings. The van der Waals surface area contributed by atoms with Gasteiger partial charge in [-0.2, -0.15) is 0 Å². The number of aliphatic carboxylic acids is 2. The number of para-hydroxylation sites is 2. The number of fused-ring (bicyclic) bond motifs is 4. The Morgan fingerprint density at radius 2 is 1.40 bits per heavy atom. The van der Waals surface area contributed by atoms with Crippen molar-refractivity contribution in [3.05, 3.63) is 59.8 Å². The Bertz CT molecular complexity index is 1010. The first-order valence-corrected chi connectivity index (χ1v) is 7.82.